The van der Waals surface area contributed by atoms with Gasteiger partial charge in [-0.25, -0.2) is 0 Å². The molecule has 1 N–H and O–H groups in total. The third-order valence-electron chi connectivity index (χ3n) is 4.54. The zero-order valence-corrected chi connectivity index (χ0v) is 12.7. The molecule has 0 spiro atoms. The summed E-state index contributed by atoms with van der Waals surface area (Å²) in [5, 5.41) is 3.51. The highest BCUT2D eigenvalue weighted by molar-refractivity contribution is 5.40. The maximum absolute atomic E-state index is 5.64. The molecule has 1 aromatic rings. The van der Waals surface area contributed by atoms with Gasteiger partial charge in [0.1, 0.15) is 5.75 Å². The zero-order valence-electron chi connectivity index (χ0n) is 12.7. The number of methoxy groups -OCH3 is 1. The third-order valence-corrected chi connectivity index (χ3v) is 4.54. The normalized spacial score (nSPS) is 22.3. The average molecular weight is 274 g/mol. The second-order valence-corrected chi connectivity index (χ2v) is 6.17. The highest BCUT2D eigenvalue weighted by atomic mass is 16.5. The first kappa shape index (κ1) is 13.9. The van der Waals surface area contributed by atoms with E-state index >= 15 is 0 Å². The first-order valence-electron chi connectivity index (χ1n) is 7.89. The van der Waals surface area contributed by atoms with Crippen LogP contribution in [0.5, 0.6) is 5.75 Å². The Morgan fingerprint density at radius 2 is 2.10 bits per heavy atom. The minimum absolute atomic E-state index is 0.546. The molecule has 1 atom stereocenters. The summed E-state index contributed by atoms with van der Waals surface area (Å²) in [7, 11) is 1.79. The number of benzene rings is 1. The maximum atomic E-state index is 5.64. The first-order chi connectivity index (χ1) is 9.79. The Labute approximate surface area is 122 Å². The van der Waals surface area contributed by atoms with Crippen molar-refractivity contribution >= 4 is 0 Å². The molecule has 2 fully saturated rings. The van der Waals surface area contributed by atoms with Crippen molar-refractivity contribution in [1.82, 2.24) is 10.2 Å². The van der Waals surface area contributed by atoms with Gasteiger partial charge >= 0.3 is 0 Å². The highest BCUT2D eigenvalue weighted by Gasteiger charge is 2.37. The number of hydrogen-bond acceptors (Lipinski definition) is 3. The molecule has 1 aliphatic carbocycles. The number of hydrogen-bond donors (Lipinski definition) is 1. The number of nitrogens with one attached hydrogen (secondary N) is 1. The molecule has 110 valence electrons. The second kappa shape index (κ2) is 6.15. The molecular formula is C17H26N2O. The van der Waals surface area contributed by atoms with E-state index in [-0.39, 0.29) is 0 Å². The fourth-order valence-corrected chi connectivity index (χ4v) is 3.39. The van der Waals surface area contributed by atoms with Crippen molar-refractivity contribution in [2.75, 3.05) is 33.3 Å². The molecule has 1 saturated carbocycles. The predicted molar refractivity (Wildman–Crippen MR) is 82.3 cm³/mol. The topological polar surface area (TPSA) is 24.5 Å². The highest BCUT2D eigenvalue weighted by Crippen LogP contribution is 2.47. The molecular weight excluding hydrogens is 248 g/mol. The van der Waals surface area contributed by atoms with Gasteiger partial charge in [-0.15, -0.1) is 0 Å². The van der Waals surface area contributed by atoms with Crippen LogP contribution in [0.2, 0.25) is 0 Å². The Hall–Kier alpha value is -1.06. The summed E-state index contributed by atoms with van der Waals surface area (Å²) in [6, 6.07) is 7.16. The van der Waals surface area contributed by atoms with E-state index in [0.717, 1.165) is 31.3 Å². The van der Waals surface area contributed by atoms with Gasteiger partial charge in [0.25, 0.3) is 0 Å². The number of rotatable bonds is 4. The van der Waals surface area contributed by atoms with Gasteiger partial charge in [0.05, 0.1) is 7.11 Å². The van der Waals surface area contributed by atoms with Crippen molar-refractivity contribution in [2.45, 2.75) is 32.2 Å². The maximum Gasteiger partial charge on any atom is 0.123 e. The fourth-order valence-electron chi connectivity index (χ4n) is 3.39. The lowest BCUT2D eigenvalue weighted by atomic mass is 9.97. The molecule has 1 saturated heterocycles. The molecule has 0 bridgehead atoms. The van der Waals surface area contributed by atoms with Crippen LogP contribution in [-0.2, 0) is 0 Å². The molecule has 3 heteroatoms. The standard InChI is InChI=1S/C17H26N2O/c1-13-4-7-16(20-2)15(12-13)17(14-5-6-14)19-10-3-8-18-9-11-19/h4,7,12,14,17-18H,3,5-6,8-11H2,1-2H3. The van der Waals surface area contributed by atoms with Crippen LogP contribution in [0.15, 0.2) is 18.2 Å². The minimum atomic E-state index is 0.546. The summed E-state index contributed by atoms with van der Waals surface area (Å²) in [4.78, 5) is 2.68. The third kappa shape index (κ3) is 2.99. The largest absolute Gasteiger partial charge is 0.496 e. The van der Waals surface area contributed by atoms with Crippen LogP contribution in [0.3, 0.4) is 0 Å². The molecule has 0 aromatic heterocycles. The summed E-state index contributed by atoms with van der Waals surface area (Å²) in [6.45, 7) is 6.79. The van der Waals surface area contributed by atoms with E-state index in [9.17, 15) is 0 Å². The number of aryl methyl sites for hydroxylation is 1. The van der Waals surface area contributed by atoms with E-state index in [1.807, 2.05) is 0 Å². The molecule has 20 heavy (non-hydrogen) atoms. The summed E-state index contributed by atoms with van der Waals surface area (Å²) in [5.74, 6) is 1.88. The quantitative estimate of drug-likeness (QED) is 0.913. The Bertz CT molecular complexity index is 448. The van der Waals surface area contributed by atoms with Crippen LogP contribution in [0, 0.1) is 12.8 Å². The lowest BCUT2D eigenvalue weighted by Crippen LogP contribution is -2.33. The van der Waals surface area contributed by atoms with E-state index in [4.69, 9.17) is 4.74 Å². The van der Waals surface area contributed by atoms with Crippen molar-refractivity contribution < 1.29 is 4.74 Å². The summed E-state index contributed by atoms with van der Waals surface area (Å²) in [6.07, 6.45) is 3.98. The molecule has 1 heterocycles. The van der Waals surface area contributed by atoms with E-state index in [2.05, 4.69) is 35.3 Å². The van der Waals surface area contributed by atoms with Gasteiger partial charge in [0, 0.05) is 31.2 Å². The van der Waals surface area contributed by atoms with Gasteiger partial charge in [0.2, 0.25) is 0 Å². The Morgan fingerprint density at radius 3 is 2.85 bits per heavy atom. The average Bonchev–Trinajstić information content (AvgIpc) is 3.27. The van der Waals surface area contributed by atoms with E-state index in [1.54, 1.807) is 7.11 Å². The molecule has 0 radical (unpaired) electrons. The van der Waals surface area contributed by atoms with E-state index < -0.39 is 0 Å². The minimum Gasteiger partial charge on any atom is -0.496 e. The molecule has 3 rings (SSSR count). The lowest BCUT2D eigenvalue weighted by molar-refractivity contribution is 0.185. The van der Waals surface area contributed by atoms with Crippen LogP contribution in [0.4, 0.5) is 0 Å². The van der Waals surface area contributed by atoms with Gasteiger partial charge in [-0.3, -0.25) is 4.90 Å². The van der Waals surface area contributed by atoms with Crippen LogP contribution in [0.1, 0.15) is 36.4 Å². The Morgan fingerprint density at radius 1 is 1.25 bits per heavy atom. The van der Waals surface area contributed by atoms with Crippen LogP contribution in [-0.4, -0.2) is 38.2 Å². The molecule has 0 amide bonds. The van der Waals surface area contributed by atoms with Gasteiger partial charge in [-0.05, 0) is 44.7 Å². The van der Waals surface area contributed by atoms with Gasteiger partial charge in [-0.2, -0.15) is 0 Å². The van der Waals surface area contributed by atoms with Crippen molar-refractivity contribution in [2.24, 2.45) is 5.92 Å². The van der Waals surface area contributed by atoms with Crippen LogP contribution in [0.25, 0.3) is 0 Å². The number of nitrogens with zero attached hydrogens (tertiary/aromatic N) is 1. The zero-order chi connectivity index (χ0) is 13.9. The van der Waals surface area contributed by atoms with Crippen molar-refractivity contribution in [3.05, 3.63) is 29.3 Å². The van der Waals surface area contributed by atoms with Crippen molar-refractivity contribution in [1.29, 1.82) is 0 Å². The molecule has 2 aliphatic rings. The lowest BCUT2D eigenvalue weighted by Gasteiger charge is -2.32. The van der Waals surface area contributed by atoms with Gasteiger partial charge in [0.15, 0.2) is 0 Å². The first-order valence-corrected chi connectivity index (χ1v) is 7.89. The van der Waals surface area contributed by atoms with E-state index in [0.29, 0.717) is 6.04 Å². The second-order valence-electron chi connectivity index (χ2n) is 6.17. The van der Waals surface area contributed by atoms with Crippen molar-refractivity contribution in [3.8, 4) is 5.75 Å². The van der Waals surface area contributed by atoms with Gasteiger partial charge < -0.3 is 10.1 Å². The summed E-state index contributed by atoms with van der Waals surface area (Å²) >= 11 is 0. The Balaban J connectivity index is 1.91. The van der Waals surface area contributed by atoms with Crippen LogP contribution < -0.4 is 10.1 Å². The monoisotopic (exact) mass is 274 g/mol. The smallest absolute Gasteiger partial charge is 0.123 e. The molecule has 1 aromatic carbocycles. The SMILES string of the molecule is COc1ccc(C)cc1C(C1CC1)N1CCCNCC1. The Kier molecular flexibility index (Phi) is 4.27. The molecule has 3 nitrogen and oxygen atoms in total. The molecule has 1 aliphatic heterocycles. The fraction of sp³-hybridized carbons (Fsp3) is 0.647. The summed E-state index contributed by atoms with van der Waals surface area (Å²) in [5.41, 5.74) is 2.73. The van der Waals surface area contributed by atoms with Crippen LogP contribution >= 0.6 is 0 Å². The predicted octanol–water partition coefficient (Wildman–Crippen LogP) is 2.75. The molecule has 1 unspecified atom stereocenters. The number of ether oxygens (including phenoxy) is 1. The van der Waals surface area contributed by atoms with Crippen molar-refractivity contribution in [3.63, 3.8) is 0 Å². The van der Waals surface area contributed by atoms with E-state index in [1.165, 1.54) is 36.9 Å². The van der Waals surface area contributed by atoms with Gasteiger partial charge in [-0.1, -0.05) is 17.7 Å². The summed E-state index contributed by atoms with van der Waals surface area (Å²) < 4.78 is 5.64.